The van der Waals surface area contributed by atoms with Gasteiger partial charge in [0.05, 0.1) is 27.4 Å². The number of aromatic nitrogens is 2. The summed E-state index contributed by atoms with van der Waals surface area (Å²) in [6, 6.07) is 7.48. The van der Waals surface area contributed by atoms with Gasteiger partial charge in [0, 0.05) is 23.7 Å². The van der Waals surface area contributed by atoms with Crippen molar-refractivity contribution in [1.29, 1.82) is 0 Å². The van der Waals surface area contributed by atoms with Crippen LogP contribution in [0.4, 0.5) is 11.6 Å². The maximum absolute atomic E-state index is 10.9. The van der Waals surface area contributed by atoms with Crippen LogP contribution in [-0.2, 0) is 6.54 Å². The standard InChI is InChI=1S/C22H22Cl3N3O/c1-12-9-14(23)11-17(25)20(12)27-7-2-8-28-21-15(18(29)10-13-3-4-13)5-6-16(24)19(21)26-22(27)28/h5-6,9,11,13,18,29H,2-4,7-8,10H2,1H3. The van der Waals surface area contributed by atoms with E-state index in [9.17, 15) is 5.11 Å². The predicted octanol–water partition coefficient (Wildman–Crippen LogP) is 6.68. The molecular weight excluding hydrogens is 429 g/mol. The summed E-state index contributed by atoms with van der Waals surface area (Å²) in [7, 11) is 0. The highest BCUT2D eigenvalue weighted by molar-refractivity contribution is 6.37. The Morgan fingerprint density at radius 2 is 1.93 bits per heavy atom. The number of aliphatic hydroxyl groups is 1. The molecular formula is C22H22Cl3N3O. The molecule has 152 valence electrons. The maximum atomic E-state index is 10.9. The van der Waals surface area contributed by atoms with Crippen molar-refractivity contribution >= 4 is 57.5 Å². The average Bonchev–Trinajstić information content (AvgIpc) is 3.38. The van der Waals surface area contributed by atoms with Gasteiger partial charge in [-0.25, -0.2) is 4.98 Å². The normalized spacial score (nSPS) is 17.6. The van der Waals surface area contributed by atoms with Gasteiger partial charge in [-0.1, -0.05) is 53.7 Å². The van der Waals surface area contributed by atoms with Gasteiger partial charge in [-0.3, -0.25) is 0 Å². The molecule has 2 aliphatic rings. The molecule has 1 aromatic heterocycles. The fraction of sp³-hybridized carbons (Fsp3) is 0.409. The molecule has 1 fully saturated rings. The third-order valence-electron chi connectivity index (χ3n) is 5.96. The predicted molar refractivity (Wildman–Crippen MR) is 120 cm³/mol. The van der Waals surface area contributed by atoms with Gasteiger partial charge in [-0.15, -0.1) is 0 Å². The van der Waals surface area contributed by atoms with E-state index in [1.807, 2.05) is 25.1 Å². The van der Waals surface area contributed by atoms with Crippen LogP contribution in [0.25, 0.3) is 11.0 Å². The molecule has 3 aromatic rings. The first-order chi connectivity index (χ1) is 13.9. The quantitative estimate of drug-likeness (QED) is 0.482. The van der Waals surface area contributed by atoms with E-state index in [4.69, 9.17) is 39.8 Å². The Kier molecular flexibility index (Phi) is 4.94. The zero-order chi connectivity index (χ0) is 20.3. The molecule has 2 aromatic carbocycles. The lowest BCUT2D eigenvalue weighted by atomic mass is 10.0. The Morgan fingerprint density at radius 3 is 2.66 bits per heavy atom. The van der Waals surface area contributed by atoms with Crippen LogP contribution in [0.5, 0.6) is 0 Å². The van der Waals surface area contributed by atoms with Crippen LogP contribution in [0, 0.1) is 12.8 Å². The van der Waals surface area contributed by atoms with Crippen molar-refractivity contribution in [3.05, 3.63) is 50.5 Å². The van der Waals surface area contributed by atoms with Gasteiger partial charge in [0.1, 0.15) is 5.52 Å². The van der Waals surface area contributed by atoms with Gasteiger partial charge in [0.15, 0.2) is 0 Å². The second-order valence-corrected chi connectivity index (χ2v) is 9.40. The Hall–Kier alpha value is -1.46. The Bertz CT molecular complexity index is 1080. The van der Waals surface area contributed by atoms with Gasteiger partial charge >= 0.3 is 0 Å². The van der Waals surface area contributed by atoms with E-state index in [1.54, 1.807) is 6.07 Å². The summed E-state index contributed by atoms with van der Waals surface area (Å²) in [6.45, 7) is 3.64. The number of anilines is 2. The van der Waals surface area contributed by atoms with Crippen LogP contribution in [-0.4, -0.2) is 21.2 Å². The summed E-state index contributed by atoms with van der Waals surface area (Å²) in [5.41, 5.74) is 4.51. The number of benzene rings is 2. The number of aryl methyl sites for hydroxylation is 2. The van der Waals surface area contributed by atoms with Gasteiger partial charge in [-0.05, 0) is 49.4 Å². The van der Waals surface area contributed by atoms with E-state index in [1.165, 1.54) is 12.8 Å². The maximum Gasteiger partial charge on any atom is 0.211 e. The van der Waals surface area contributed by atoms with Crippen molar-refractivity contribution in [2.45, 2.75) is 45.3 Å². The zero-order valence-electron chi connectivity index (χ0n) is 16.1. The van der Waals surface area contributed by atoms with Crippen LogP contribution in [0.15, 0.2) is 24.3 Å². The molecule has 1 aliphatic carbocycles. The summed E-state index contributed by atoms with van der Waals surface area (Å²) in [5, 5.41) is 12.7. The first-order valence-electron chi connectivity index (χ1n) is 10.0. The minimum atomic E-state index is -0.501. The summed E-state index contributed by atoms with van der Waals surface area (Å²) < 4.78 is 2.18. The molecule has 4 nitrogen and oxygen atoms in total. The van der Waals surface area contributed by atoms with E-state index in [2.05, 4.69) is 9.47 Å². The van der Waals surface area contributed by atoms with Crippen molar-refractivity contribution in [3.63, 3.8) is 0 Å². The van der Waals surface area contributed by atoms with Crippen LogP contribution < -0.4 is 4.90 Å². The highest BCUT2D eigenvalue weighted by atomic mass is 35.5. The highest BCUT2D eigenvalue weighted by Gasteiger charge is 2.31. The van der Waals surface area contributed by atoms with E-state index in [0.29, 0.717) is 21.0 Å². The number of fused-ring (bicyclic) bond motifs is 3. The van der Waals surface area contributed by atoms with E-state index in [-0.39, 0.29) is 0 Å². The van der Waals surface area contributed by atoms with Crippen LogP contribution in [0.3, 0.4) is 0 Å². The minimum Gasteiger partial charge on any atom is -0.388 e. The molecule has 0 bridgehead atoms. The van der Waals surface area contributed by atoms with Crippen molar-refractivity contribution in [2.24, 2.45) is 5.92 Å². The molecule has 7 heteroatoms. The summed E-state index contributed by atoms with van der Waals surface area (Å²) in [4.78, 5) is 7.05. The Labute approximate surface area is 185 Å². The molecule has 29 heavy (non-hydrogen) atoms. The van der Waals surface area contributed by atoms with E-state index < -0.39 is 6.10 Å². The summed E-state index contributed by atoms with van der Waals surface area (Å²) in [5.74, 6) is 1.44. The van der Waals surface area contributed by atoms with Crippen molar-refractivity contribution in [2.75, 3.05) is 11.4 Å². The zero-order valence-corrected chi connectivity index (χ0v) is 18.4. The van der Waals surface area contributed by atoms with Crippen LogP contribution in [0.1, 0.15) is 42.9 Å². The number of hydrogen-bond acceptors (Lipinski definition) is 3. The molecule has 5 rings (SSSR count). The van der Waals surface area contributed by atoms with Gasteiger partial charge in [-0.2, -0.15) is 0 Å². The highest BCUT2D eigenvalue weighted by Crippen LogP contribution is 2.44. The smallest absolute Gasteiger partial charge is 0.211 e. The lowest BCUT2D eigenvalue weighted by Gasteiger charge is -2.31. The molecule has 1 saturated carbocycles. The molecule has 1 aliphatic heterocycles. The molecule has 2 heterocycles. The number of imidazole rings is 1. The molecule has 1 unspecified atom stereocenters. The SMILES string of the molecule is Cc1cc(Cl)cc(Cl)c1N1CCCn2c1nc1c(Cl)ccc(C(O)CC3CC3)c12. The monoisotopic (exact) mass is 449 g/mol. The molecule has 0 spiro atoms. The Morgan fingerprint density at radius 1 is 1.14 bits per heavy atom. The van der Waals surface area contributed by atoms with Gasteiger partial charge in [0.25, 0.3) is 0 Å². The summed E-state index contributed by atoms with van der Waals surface area (Å²) >= 11 is 19.3. The largest absolute Gasteiger partial charge is 0.388 e. The fourth-order valence-electron chi connectivity index (χ4n) is 4.44. The summed E-state index contributed by atoms with van der Waals surface area (Å²) in [6.07, 6.45) is 3.66. The number of nitrogens with zero attached hydrogens (tertiary/aromatic N) is 3. The van der Waals surface area contributed by atoms with Crippen LogP contribution >= 0.6 is 34.8 Å². The number of halogens is 3. The lowest BCUT2D eigenvalue weighted by molar-refractivity contribution is 0.161. The average molecular weight is 451 g/mol. The Balaban J connectivity index is 1.68. The van der Waals surface area contributed by atoms with E-state index >= 15 is 0 Å². The lowest BCUT2D eigenvalue weighted by Crippen LogP contribution is -2.29. The second kappa shape index (κ2) is 7.35. The number of aliphatic hydroxyl groups excluding tert-OH is 1. The van der Waals surface area contributed by atoms with Gasteiger partial charge < -0.3 is 14.6 Å². The number of hydrogen-bond donors (Lipinski definition) is 1. The molecule has 0 amide bonds. The molecule has 0 saturated heterocycles. The van der Waals surface area contributed by atoms with E-state index in [0.717, 1.165) is 59.7 Å². The minimum absolute atomic E-state index is 0.501. The van der Waals surface area contributed by atoms with Crippen molar-refractivity contribution < 1.29 is 5.11 Å². The third-order valence-corrected chi connectivity index (χ3v) is 6.77. The topological polar surface area (TPSA) is 41.3 Å². The third kappa shape index (κ3) is 3.40. The second-order valence-electron chi connectivity index (χ2n) is 8.15. The first-order valence-corrected chi connectivity index (χ1v) is 11.2. The van der Waals surface area contributed by atoms with Crippen molar-refractivity contribution in [3.8, 4) is 0 Å². The van der Waals surface area contributed by atoms with Crippen molar-refractivity contribution in [1.82, 2.24) is 9.55 Å². The number of rotatable bonds is 4. The molecule has 1 atom stereocenters. The first kappa shape index (κ1) is 19.5. The fourth-order valence-corrected chi connectivity index (χ4v) is 5.33. The van der Waals surface area contributed by atoms with Crippen LogP contribution in [0.2, 0.25) is 15.1 Å². The molecule has 0 radical (unpaired) electrons. The van der Waals surface area contributed by atoms with Gasteiger partial charge in [0.2, 0.25) is 5.95 Å². The molecule has 1 N–H and O–H groups in total.